The lowest BCUT2D eigenvalue weighted by atomic mass is 9.76. The molecular formula is C27H26O2. The molecule has 0 aliphatic heterocycles. The van der Waals surface area contributed by atoms with Crippen LogP contribution in [-0.4, -0.2) is 13.2 Å². The Morgan fingerprint density at radius 3 is 1.55 bits per heavy atom. The molecule has 0 aromatic heterocycles. The zero-order valence-electron chi connectivity index (χ0n) is 16.6. The topological polar surface area (TPSA) is 18.5 Å². The fourth-order valence-corrected chi connectivity index (χ4v) is 4.15. The summed E-state index contributed by atoms with van der Waals surface area (Å²) in [7, 11) is 0. The Morgan fingerprint density at radius 1 is 0.621 bits per heavy atom. The fourth-order valence-electron chi connectivity index (χ4n) is 4.15. The first kappa shape index (κ1) is 18.1. The molecule has 0 amide bonds. The van der Waals surface area contributed by atoms with Crippen LogP contribution in [0.25, 0.3) is 21.5 Å². The molecule has 0 bridgehead atoms. The van der Waals surface area contributed by atoms with E-state index in [1.165, 1.54) is 40.8 Å². The quantitative estimate of drug-likeness (QED) is 0.347. The zero-order valence-corrected chi connectivity index (χ0v) is 16.6. The third-order valence-electron chi connectivity index (χ3n) is 6.19. The van der Waals surface area contributed by atoms with Gasteiger partial charge in [-0.05, 0) is 64.6 Å². The van der Waals surface area contributed by atoms with E-state index in [-0.39, 0.29) is 0 Å². The monoisotopic (exact) mass is 382 g/mol. The van der Waals surface area contributed by atoms with Crippen molar-refractivity contribution in [2.45, 2.75) is 19.3 Å². The summed E-state index contributed by atoms with van der Waals surface area (Å²) in [5, 5.41) is 4.93. The molecule has 1 fully saturated rings. The van der Waals surface area contributed by atoms with Crippen molar-refractivity contribution in [3.63, 3.8) is 0 Å². The minimum absolute atomic E-state index is 0.418. The zero-order chi connectivity index (χ0) is 19.5. The molecule has 0 heterocycles. The predicted molar refractivity (Wildman–Crippen MR) is 120 cm³/mol. The molecule has 4 aromatic rings. The second-order valence-corrected chi connectivity index (χ2v) is 8.09. The van der Waals surface area contributed by atoms with Crippen LogP contribution in [0.2, 0.25) is 0 Å². The number of rotatable bonds is 7. The number of fused-ring (bicyclic) bond motifs is 2. The van der Waals surface area contributed by atoms with Gasteiger partial charge in [-0.3, -0.25) is 0 Å². The van der Waals surface area contributed by atoms with Crippen molar-refractivity contribution in [2.75, 3.05) is 13.2 Å². The summed E-state index contributed by atoms with van der Waals surface area (Å²) in [6, 6.07) is 29.5. The Balaban J connectivity index is 1.25. The molecule has 5 rings (SSSR count). The van der Waals surface area contributed by atoms with Gasteiger partial charge in [-0.1, -0.05) is 67.1 Å². The number of benzene rings is 4. The van der Waals surface area contributed by atoms with Crippen LogP contribution in [0.5, 0.6) is 11.5 Å². The van der Waals surface area contributed by atoms with Gasteiger partial charge >= 0.3 is 0 Å². The predicted octanol–water partition coefficient (Wildman–Crippen LogP) is 6.87. The van der Waals surface area contributed by atoms with Crippen LogP contribution >= 0.6 is 0 Å². The maximum atomic E-state index is 6.21. The first-order chi connectivity index (χ1) is 14.3. The third-order valence-corrected chi connectivity index (χ3v) is 6.19. The average Bonchev–Trinajstić information content (AvgIpc) is 2.74. The van der Waals surface area contributed by atoms with Gasteiger partial charge in [0.1, 0.15) is 11.5 Å². The minimum Gasteiger partial charge on any atom is -0.493 e. The lowest BCUT2D eigenvalue weighted by Gasteiger charge is -2.33. The molecule has 2 heteroatoms. The summed E-state index contributed by atoms with van der Waals surface area (Å²) in [6.07, 6.45) is 3.90. The molecule has 146 valence electrons. The van der Waals surface area contributed by atoms with Crippen molar-refractivity contribution in [3.8, 4) is 11.5 Å². The Morgan fingerprint density at radius 2 is 1.10 bits per heavy atom. The van der Waals surface area contributed by atoms with Gasteiger partial charge < -0.3 is 9.47 Å². The maximum Gasteiger partial charge on any atom is 0.119 e. The Hall–Kier alpha value is -3.00. The van der Waals surface area contributed by atoms with Crippen LogP contribution in [0.1, 0.15) is 19.3 Å². The summed E-state index contributed by atoms with van der Waals surface area (Å²) in [5.74, 6) is 3.01. The molecule has 0 unspecified atom stereocenters. The second-order valence-electron chi connectivity index (χ2n) is 8.09. The highest BCUT2D eigenvalue weighted by atomic mass is 16.5. The van der Waals surface area contributed by atoms with Crippen molar-refractivity contribution in [1.82, 2.24) is 0 Å². The van der Waals surface area contributed by atoms with Crippen LogP contribution in [0.4, 0.5) is 0 Å². The second kappa shape index (κ2) is 8.16. The first-order valence-corrected chi connectivity index (χ1v) is 10.6. The van der Waals surface area contributed by atoms with Crippen LogP contribution in [-0.2, 0) is 0 Å². The van der Waals surface area contributed by atoms with E-state index < -0.39 is 0 Å². The molecule has 0 saturated heterocycles. The minimum atomic E-state index is 0.418. The van der Waals surface area contributed by atoms with Crippen molar-refractivity contribution < 1.29 is 9.47 Å². The summed E-state index contributed by atoms with van der Waals surface area (Å²) in [6.45, 7) is 1.41. The normalized spacial score (nSPS) is 14.2. The molecule has 29 heavy (non-hydrogen) atoms. The molecule has 4 aromatic carbocycles. The Kier molecular flexibility index (Phi) is 5.08. The molecule has 2 nitrogen and oxygen atoms in total. The molecule has 1 aliphatic carbocycles. The van der Waals surface area contributed by atoms with E-state index in [1.807, 2.05) is 0 Å². The lowest BCUT2D eigenvalue weighted by Crippen LogP contribution is -2.31. The number of hydrogen-bond donors (Lipinski definition) is 0. The lowest BCUT2D eigenvalue weighted by molar-refractivity contribution is 0.0891. The Bertz CT molecular complexity index is 1030. The van der Waals surface area contributed by atoms with Crippen molar-refractivity contribution >= 4 is 21.5 Å². The van der Waals surface area contributed by atoms with E-state index in [0.717, 1.165) is 11.5 Å². The molecule has 1 aliphatic rings. The van der Waals surface area contributed by atoms with Crippen molar-refractivity contribution in [1.29, 1.82) is 0 Å². The molecule has 0 N–H and O–H groups in total. The molecular weight excluding hydrogens is 356 g/mol. The fraction of sp³-hybridized carbons (Fsp3) is 0.259. The van der Waals surface area contributed by atoms with Crippen LogP contribution < -0.4 is 9.47 Å². The maximum absolute atomic E-state index is 6.21. The van der Waals surface area contributed by atoms with Gasteiger partial charge in [0.05, 0.1) is 13.2 Å². The van der Waals surface area contributed by atoms with Gasteiger partial charge in [-0.15, -0.1) is 0 Å². The van der Waals surface area contributed by atoms with Crippen LogP contribution in [0.3, 0.4) is 0 Å². The number of hydrogen-bond acceptors (Lipinski definition) is 2. The summed E-state index contributed by atoms with van der Waals surface area (Å²) >= 11 is 0. The SMILES string of the molecule is c1ccc2cc(OCC(COc3ccc4ccccc4c3)C3CCC3)ccc2c1. The summed E-state index contributed by atoms with van der Waals surface area (Å²) in [5.41, 5.74) is 0. The summed E-state index contributed by atoms with van der Waals surface area (Å²) < 4.78 is 12.4. The Labute approximate surface area is 172 Å². The van der Waals surface area contributed by atoms with E-state index in [4.69, 9.17) is 9.47 Å². The highest BCUT2D eigenvalue weighted by Crippen LogP contribution is 2.35. The van der Waals surface area contributed by atoms with Gasteiger partial charge in [0.25, 0.3) is 0 Å². The van der Waals surface area contributed by atoms with Gasteiger partial charge in [0.2, 0.25) is 0 Å². The van der Waals surface area contributed by atoms with Crippen LogP contribution in [0.15, 0.2) is 84.9 Å². The van der Waals surface area contributed by atoms with Crippen molar-refractivity contribution in [3.05, 3.63) is 84.9 Å². The van der Waals surface area contributed by atoms with Gasteiger partial charge in [0, 0.05) is 5.92 Å². The van der Waals surface area contributed by atoms with E-state index in [2.05, 4.69) is 84.9 Å². The standard InChI is InChI=1S/C27H26O2/c1-3-8-23-16-26(14-12-21(23)6-1)28-18-25(20-10-5-11-20)19-29-27-15-13-22-7-2-4-9-24(22)17-27/h1-4,6-9,12-17,20,25H,5,10-11,18-19H2. The molecule has 1 saturated carbocycles. The van der Waals surface area contributed by atoms with E-state index >= 15 is 0 Å². The van der Waals surface area contributed by atoms with E-state index in [1.54, 1.807) is 0 Å². The third kappa shape index (κ3) is 4.07. The van der Waals surface area contributed by atoms with Crippen molar-refractivity contribution in [2.24, 2.45) is 11.8 Å². The largest absolute Gasteiger partial charge is 0.493 e. The van der Waals surface area contributed by atoms with Gasteiger partial charge in [-0.25, -0.2) is 0 Å². The molecule has 0 radical (unpaired) electrons. The first-order valence-electron chi connectivity index (χ1n) is 10.6. The number of ether oxygens (including phenoxy) is 2. The smallest absolute Gasteiger partial charge is 0.119 e. The van der Waals surface area contributed by atoms with Gasteiger partial charge in [-0.2, -0.15) is 0 Å². The molecule has 0 atom stereocenters. The highest BCUT2D eigenvalue weighted by molar-refractivity contribution is 5.84. The molecule has 0 spiro atoms. The summed E-state index contributed by atoms with van der Waals surface area (Å²) in [4.78, 5) is 0. The highest BCUT2D eigenvalue weighted by Gasteiger charge is 2.28. The van der Waals surface area contributed by atoms with E-state index in [9.17, 15) is 0 Å². The van der Waals surface area contributed by atoms with Gasteiger partial charge in [0.15, 0.2) is 0 Å². The van der Waals surface area contributed by atoms with Crippen LogP contribution in [0, 0.1) is 11.8 Å². The average molecular weight is 383 g/mol. The van der Waals surface area contributed by atoms with E-state index in [0.29, 0.717) is 25.0 Å².